The largest absolute Gasteiger partial charge is 0.468 e. The molecule has 1 heterocycles. The molecule has 0 amide bonds. The number of rotatable bonds is 4. The van der Waals surface area contributed by atoms with E-state index < -0.39 is 0 Å². The van der Waals surface area contributed by atoms with Crippen LogP contribution in [0.5, 0.6) is 0 Å². The number of carbonyl (C=O) groups excluding carboxylic acids is 1. The molecule has 0 spiro atoms. The molecule has 4 nitrogen and oxygen atoms in total. The van der Waals surface area contributed by atoms with E-state index in [1.165, 1.54) is 7.11 Å². The molecule has 0 saturated heterocycles. The van der Waals surface area contributed by atoms with E-state index in [2.05, 4.69) is 25.9 Å². The quantitative estimate of drug-likeness (QED) is 0.863. The van der Waals surface area contributed by atoms with E-state index in [4.69, 9.17) is 4.74 Å². The van der Waals surface area contributed by atoms with Crippen LogP contribution in [0.4, 0.5) is 0 Å². The van der Waals surface area contributed by atoms with Crippen LogP contribution >= 0.6 is 15.9 Å². The highest BCUT2D eigenvalue weighted by molar-refractivity contribution is 9.10. The summed E-state index contributed by atoms with van der Waals surface area (Å²) in [7, 11) is 1.40. The van der Waals surface area contributed by atoms with Crippen molar-refractivity contribution < 1.29 is 9.53 Å². The fourth-order valence-corrected chi connectivity index (χ4v) is 2.58. The van der Waals surface area contributed by atoms with Gasteiger partial charge in [-0.25, -0.2) is 4.98 Å². The minimum atomic E-state index is -0.348. The Morgan fingerprint density at radius 2 is 2.25 bits per heavy atom. The lowest BCUT2D eigenvalue weighted by Crippen LogP contribution is -2.14. The normalized spacial score (nSPS) is 12.2. The Morgan fingerprint density at radius 3 is 2.85 bits per heavy atom. The number of H-pyrrole nitrogens is 1. The van der Waals surface area contributed by atoms with Gasteiger partial charge in [0.15, 0.2) is 0 Å². The Morgan fingerprint density at radius 1 is 1.50 bits per heavy atom. The predicted octanol–water partition coefficient (Wildman–Crippen LogP) is 3.81. The number of carbonyl (C=O) groups is 1. The molecule has 1 unspecified atom stereocenters. The van der Waals surface area contributed by atoms with E-state index >= 15 is 0 Å². The molecule has 1 atom stereocenters. The van der Waals surface area contributed by atoms with Gasteiger partial charge in [-0.05, 0) is 25.5 Å². The molecule has 2 rings (SSSR count). The SMILES string of the molecule is CCC(C(=O)OC)c1nc(-c2cccc(Br)c2)c(C)[nH]1. The van der Waals surface area contributed by atoms with Crippen LogP contribution in [0.1, 0.15) is 30.8 Å². The lowest BCUT2D eigenvalue weighted by molar-refractivity contribution is -0.142. The van der Waals surface area contributed by atoms with Crippen molar-refractivity contribution >= 4 is 21.9 Å². The van der Waals surface area contributed by atoms with Gasteiger partial charge >= 0.3 is 5.97 Å². The number of halogens is 1. The van der Waals surface area contributed by atoms with Crippen molar-refractivity contribution in [1.82, 2.24) is 9.97 Å². The number of aromatic amines is 1. The summed E-state index contributed by atoms with van der Waals surface area (Å²) in [5, 5.41) is 0. The Labute approximate surface area is 126 Å². The maximum atomic E-state index is 11.8. The van der Waals surface area contributed by atoms with Gasteiger partial charge in [-0.15, -0.1) is 0 Å². The number of benzene rings is 1. The third kappa shape index (κ3) is 2.93. The Bertz CT molecular complexity index is 622. The number of methoxy groups -OCH3 is 1. The summed E-state index contributed by atoms with van der Waals surface area (Å²) in [6.45, 7) is 3.90. The molecule has 0 aliphatic heterocycles. The second-order valence-electron chi connectivity index (χ2n) is 4.59. The first kappa shape index (κ1) is 14.8. The lowest BCUT2D eigenvalue weighted by atomic mass is 10.1. The van der Waals surface area contributed by atoms with Gasteiger partial charge in [0.2, 0.25) is 0 Å². The summed E-state index contributed by atoms with van der Waals surface area (Å²) in [5.74, 6) is 0.0495. The van der Waals surface area contributed by atoms with Crippen molar-refractivity contribution in [2.75, 3.05) is 7.11 Å². The second kappa shape index (κ2) is 6.22. The summed E-state index contributed by atoms with van der Waals surface area (Å²) in [6, 6.07) is 7.93. The molecule has 0 fully saturated rings. The third-order valence-electron chi connectivity index (χ3n) is 3.23. The van der Waals surface area contributed by atoms with Crippen LogP contribution < -0.4 is 0 Å². The maximum Gasteiger partial charge on any atom is 0.316 e. The molecule has 5 heteroatoms. The van der Waals surface area contributed by atoms with E-state index in [9.17, 15) is 4.79 Å². The first-order valence-corrected chi connectivity index (χ1v) is 7.26. The minimum Gasteiger partial charge on any atom is -0.468 e. The van der Waals surface area contributed by atoms with Crippen LogP contribution in [0, 0.1) is 6.92 Å². The van der Waals surface area contributed by atoms with Gasteiger partial charge in [0.05, 0.1) is 12.8 Å². The number of esters is 1. The molecule has 106 valence electrons. The fraction of sp³-hybridized carbons (Fsp3) is 0.333. The second-order valence-corrected chi connectivity index (χ2v) is 5.51. The van der Waals surface area contributed by atoms with Crippen LogP contribution in [0.2, 0.25) is 0 Å². The number of aryl methyl sites for hydroxylation is 1. The topological polar surface area (TPSA) is 55.0 Å². The third-order valence-corrected chi connectivity index (χ3v) is 3.72. The molecule has 1 N–H and O–H groups in total. The molecule has 1 aromatic carbocycles. The summed E-state index contributed by atoms with van der Waals surface area (Å²) in [4.78, 5) is 19.6. The smallest absolute Gasteiger partial charge is 0.316 e. The van der Waals surface area contributed by atoms with E-state index in [0.717, 1.165) is 21.4 Å². The predicted molar refractivity (Wildman–Crippen MR) is 81.5 cm³/mol. The number of nitrogens with zero attached hydrogens (tertiary/aromatic N) is 1. The molecular formula is C15H17BrN2O2. The minimum absolute atomic E-state index is 0.262. The summed E-state index contributed by atoms with van der Waals surface area (Å²) < 4.78 is 5.82. The lowest BCUT2D eigenvalue weighted by Gasteiger charge is -2.08. The standard InChI is InChI=1S/C15H17BrN2O2/c1-4-12(15(19)20-3)14-17-9(2)13(18-14)10-6-5-7-11(16)8-10/h5-8,12H,4H2,1-3H3,(H,17,18). The average molecular weight is 337 g/mol. The van der Waals surface area contributed by atoms with Crippen LogP contribution in [0.3, 0.4) is 0 Å². The van der Waals surface area contributed by atoms with Gasteiger partial charge in [-0.3, -0.25) is 4.79 Å². The highest BCUT2D eigenvalue weighted by Crippen LogP contribution is 2.27. The van der Waals surface area contributed by atoms with Crippen molar-refractivity contribution in [2.45, 2.75) is 26.2 Å². The zero-order chi connectivity index (χ0) is 14.7. The van der Waals surface area contributed by atoms with Crippen molar-refractivity contribution in [1.29, 1.82) is 0 Å². The summed E-state index contributed by atoms with van der Waals surface area (Å²) in [6.07, 6.45) is 0.650. The van der Waals surface area contributed by atoms with Crippen molar-refractivity contribution in [3.8, 4) is 11.3 Å². The first-order valence-electron chi connectivity index (χ1n) is 6.47. The van der Waals surface area contributed by atoms with Crippen molar-refractivity contribution in [2.24, 2.45) is 0 Å². The number of aromatic nitrogens is 2. The fourth-order valence-electron chi connectivity index (χ4n) is 2.18. The number of ether oxygens (including phenoxy) is 1. The zero-order valence-electron chi connectivity index (χ0n) is 11.7. The average Bonchev–Trinajstić information content (AvgIpc) is 2.81. The molecule has 0 aliphatic carbocycles. The summed E-state index contributed by atoms with van der Waals surface area (Å²) >= 11 is 3.46. The molecule has 0 aliphatic rings. The molecular weight excluding hydrogens is 320 g/mol. The van der Waals surface area contributed by atoms with Gasteiger partial charge in [-0.1, -0.05) is 35.0 Å². The van der Waals surface area contributed by atoms with Gasteiger partial charge in [0, 0.05) is 15.7 Å². The number of hydrogen-bond acceptors (Lipinski definition) is 3. The molecule has 0 bridgehead atoms. The monoisotopic (exact) mass is 336 g/mol. The number of nitrogens with one attached hydrogen (secondary N) is 1. The number of imidazole rings is 1. The molecule has 20 heavy (non-hydrogen) atoms. The molecule has 0 saturated carbocycles. The first-order chi connectivity index (χ1) is 9.56. The molecule has 2 aromatic rings. The Balaban J connectivity index is 2.41. The van der Waals surface area contributed by atoms with E-state index in [1.54, 1.807) is 0 Å². The van der Waals surface area contributed by atoms with Crippen LogP contribution in [0.15, 0.2) is 28.7 Å². The highest BCUT2D eigenvalue weighted by atomic mass is 79.9. The van der Waals surface area contributed by atoms with Crippen molar-refractivity contribution in [3.05, 3.63) is 40.3 Å². The van der Waals surface area contributed by atoms with Crippen LogP contribution in [0.25, 0.3) is 11.3 Å². The van der Waals surface area contributed by atoms with Crippen molar-refractivity contribution in [3.63, 3.8) is 0 Å². The van der Waals surface area contributed by atoms with Gasteiger partial charge in [-0.2, -0.15) is 0 Å². The van der Waals surface area contributed by atoms with Crippen LogP contribution in [-0.2, 0) is 9.53 Å². The maximum absolute atomic E-state index is 11.8. The Hall–Kier alpha value is -1.62. The molecule has 0 radical (unpaired) electrons. The van der Waals surface area contributed by atoms with Gasteiger partial charge in [0.1, 0.15) is 11.7 Å². The number of hydrogen-bond donors (Lipinski definition) is 1. The highest BCUT2D eigenvalue weighted by Gasteiger charge is 2.24. The van der Waals surface area contributed by atoms with Gasteiger partial charge < -0.3 is 9.72 Å². The molecule has 1 aromatic heterocycles. The zero-order valence-corrected chi connectivity index (χ0v) is 13.3. The summed E-state index contributed by atoms with van der Waals surface area (Å²) in [5.41, 5.74) is 2.82. The van der Waals surface area contributed by atoms with E-state index in [0.29, 0.717) is 12.2 Å². The van der Waals surface area contributed by atoms with Gasteiger partial charge in [0.25, 0.3) is 0 Å². The van der Waals surface area contributed by atoms with E-state index in [1.807, 2.05) is 38.1 Å². The van der Waals surface area contributed by atoms with Crippen LogP contribution in [-0.4, -0.2) is 23.0 Å². The Kier molecular flexibility index (Phi) is 4.60. The van der Waals surface area contributed by atoms with E-state index in [-0.39, 0.29) is 11.9 Å².